The lowest BCUT2D eigenvalue weighted by molar-refractivity contribution is -0.122. The van der Waals surface area contributed by atoms with Gasteiger partial charge in [-0.1, -0.05) is 30.3 Å². The van der Waals surface area contributed by atoms with Crippen molar-refractivity contribution in [3.8, 4) is 0 Å². The quantitative estimate of drug-likeness (QED) is 0.899. The van der Waals surface area contributed by atoms with E-state index in [1.54, 1.807) is 0 Å². The first-order valence-corrected chi connectivity index (χ1v) is 10.0. The summed E-state index contributed by atoms with van der Waals surface area (Å²) in [7, 11) is -3.87. The molecule has 0 bridgehead atoms. The lowest BCUT2D eigenvalue weighted by atomic mass is 9.95. The van der Waals surface area contributed by atoms with Gasteiger partial charge >= 0.3 is 0 Å². The van der Waals surface area contributed by atoms with Gasteiger partial charge in [-0.2, -0.15) is 4.31 Å². The van der Waals surface area contributed by atoms with Crippen molar-refractivity contribution >= 4 is 15.9 Å². The zero-order valence-corrected chi connectivity index (χ0v) is 16.4. The number of carbonyl (C=O) groups is 1. The summed E-state index contributed by atoms with van der Waals surface area (Å²) < 4.78 is 28.4. The van der Waals surface area contributed by atoms with Crippen molar-refractivity contribution in [1.29, 1.82) is 0 Å². The van der Waals surface area contributed by atoms with Crippen LogP contribution in [0.1, 0.15) is 33.4 Å². The SMILES string of the molecule is Cc1cc(C)c(C)c(S(=O)(=O)N2Cc3ccccc3C[C@@H]2C(N)=O)c1C. The van der Waals surface area contributed by atoms with Crippen LogP contribution < -0.4 is 5.73 Å². The van der Waals surface area contributed by atoms with E-state index in [0.29, 0.717) is 11.3 Å². The molecule has 1 amide bonds. The number of fused-ring (bicyclic) bond motifs is 1. The van der Waals surface area contributed by atoms with Crippen LogP contribution in [0.2, 0.25) is 0 Å². The van der Waals surface area contributed by atoms with Crippen molar-refractivity contribution in [2.75, 3.05) is 0 Å². The third-order valence-electron chi connectivity index (χ3n) is 5.40. The second kappa shape index (κ2) is 6.52. The minimum Gasteiger partial charge on any atom is -0.368 e. The molecular formula is C20H24N2O3S. The Labute approximate surface area is 154 Å². The Hall–Kier alpha value is -2.18. The van der Waals surface area contributed by atoms with E-state index >= 15 is 0 Å². The van der Waals surface area contributed by atoms with Gasteiger partial charge in [0.05, 0.1) is 4.90 Å². The molecule has 26 heavy (non-hydrogen) atoms. The highest BCUT2D eigenvalue weighted by Crippen LogP contribution is 2.33. The minimum atomic E-state index is -3.87. The summed E-state index contributed by atoms with van der Waals surface area (Å²) in [5.74, 6) is -0.622. The van der Waals surface area contributed by atoms with Crippen LogP contribution >= 0.6 is 0 Å². The molecule has 2 aromatic carbocycles. The average Bonchev–Trinajstić information content (AvgIpc) is 2.58. The largest absolute Gasteiger partial charge is 0.368 e. The molecule has 0 unspecified atom stereocenters. The summed E-state index contributed by atoms with van der Waals surface area (Å²) in [6, 6.07) is 8.69. The molecule has 0 spiro atoms. The van der Waals surface area contributed by atoms with Gasteiger partial charge in [0.1, 0.15) is 6.04 Å². The summed E-state index contributed by atoms with van der Waals surface area (Å²) >= 11 is 0. The third kappa shape index (κ3) is 2.93. The molecule has 138 valence electrons. The molecule has 0 aromatic heterocycles. The molecule has 0 radical (unpaired) electrons. The first-order valence-electron chi connectivity index (χ1n) is 8.60. The van der Waals surface area contributed by atoms with E-state index in [9.17, 15) is 13.2 Å². The van der Waals surface area contributed by atoms with Crippen LogP contribution in [-0.2, 0) is 27.8 Å². The molecule has 0 fully saturated rings. The number of amides is 1. The van der Waals surface area contributed by atoms with Gasteiger partial charge in [0.25, 0.3) is 0 Å². The summed E-state index contributed by atoms with van der Waals surface area (Å²) in [6.45, 7) is 7.57. The molecule has 3 rings (SSSR count). The topological polar surface area (TPSA) is 80.5 Å². The van der Waals surface area contributed by atoms with E-state index in [1.165, 1.54) is 4.31 Å². The number of nitrogens with two attached hydrogens (primary N) is 1. The fourth-order valence-corrected chi connectivity index (χ4v) is 5.83. The lowest BCUT2D eigenvalue weighted by Crippen LogP contribution is -2.51. The number of carbonyl (C=O) groups excluding carboxylic acids is 1. The minimum absolute atomic E-state index is 0.151. The van der Waals surface area contributed by atoms with Gasteiger partial charge in [0, 0.05) is 6.54 Å². The zero-order valence-electron chi connectivity index (χ0n) is 15.5. The van der Waals surface area contributed by atoms with Crippen LogP contribution in [0.25, 0.3) is 0 Å². The van der Waals surface area contributed by atoms with Crippen molar-refractivity contribution in [3.63, 3.8) is 0 Å². The van der Waals surface area contributed by atoms with Crippen LogP contribution in [0.5, 0.6) is 0 Å². The number of nitrogens with zero attached hydrogens (tertiary/aromatic N) is 1. The fourth-order valence-electron chi connectivity index (χ4n) is 3.68. The van der Waals surface area contributed by atoms with Crippen molar-refractivity contribution in [3.05, 3.63) is 63.7 Å². The maximum Gasteiger partial charge on any atom is 0.244 e. The normalized spacial score (nSPS) is 17.8. The van der Waals surface area contributed by atoms with Gasteiger partial charge in [-0.15, -0.1) is 0 Å². The number of primary amides is 1. The smallest absolute Gasteiger partial charge is 0.244 e. The predicted octanol–water partition coefficient (Wildman–Crippen LogP) is 2.52. The van der Waals surface area contributed by atoms with Gasteiger partial charge in [-0.05, 0) is 67.5 Å². The second-order valence-corrected chi connectivity index (χ2v) is 8.86. The Kier molecular flexibility index (Phi) is 4.67. The first-order chi connectivity index (χ1) is 12.1. The molecule has 1 heterocycles. The number of benzene rings is 2. The van der Waals surface area contributed by atoms with Crippen LogP contribution in [0.3, 0.4) is 0 Å². The Morgan fingerprint density at radius 1 is 1.04 bits per heavy atom. The van der Waals surface area contributed by atoms with Crippen LogP contribution in [0, 0.1) is 27.7 Å². The van der Waals surface area contributed by atoms with E-state index in [-0.39, 0.29) is 6.54 Å². The van der Waals surface area contributed by atoms with Gasteiger partial charge < -0.3 is 5.73 Å². The number of hydrogen-bond acceptors (Lipinski definition) is 3. The molecule has 1 aliphatic heterocycles. The average molecular weight is 372 g/mol. The maximum atomic E-state index is 13.6. The summed E-state index contributed by atoms with van der Waals surface area (Å²) in [4.78, 5) is 12.4. The van der Waals surface area contributed by atoms with Gasteiger partial charge in [-0.25, -0.2) is 8.42 Å². The number of rotatable bonds is 3. The molecule has 0 saturated carbocycles. The Morgan fingerprint density at radius 2 is 1.58 bits per heavy atom. The highest BCUT2D eigenvalue weighted by molar-refractivity contribution is 7.89. The number of hydrogen-bond donors (Lipinski definition) is 1. The Bertz CT molecular complexity index is 970. The molecule has 2 aromatic rings. The zero-order chi connectivity index (χ0) is 19.2. The van der Waals surface area contributed by atoms with Crippen molar-refractivity contribution in [2.24, 2.45) is 5.73 Å². The third-order valence-corrected chi connectivity index (χ3v) is 7.53. The van der Waals surface area contributed by atoms with E-state index in [1.807, 2.05) is 58.0 Å². The summed E-state index contributed by atoms with van der Waals surface area (Å²) in [5.41, 5.74) is 10.7. The predicted molar refractivity (Wildman–Crippen MR) is 101 cm³/mol. The van der Waals surface area contributed by atoms with E-state index in [4.69, 9.17) is 5.73 Å². The van der Waals surface area contributed by atoms with E-state index in [0.717, 1.165) is 33.4 Å². The lowest BCUT2D eigenvalue weighted by Gasteiger charge is -2.35. The van der Waals surface area contributed by atoms with Crippen LogP contribution in [0.15, 0.2) is 35.2 Å². The Morgan fingerprint density at radius 3 is 2.12 bits per heavy atom. The number of sulfonamides is 1. The number of aryl methyl sites for hydroxylation is 2. The van der Waals surface area contributed by atoms with Crippen LogP contribution in [-0.4, -0.2) is 24.7 Å². The van der Waals surface area contributed by atoms with Gasteiger partial charge in [0.15, 0.2) is 0 Å². The van der Waals surface area contributed by atoms with E-state index < -0.39 is 22.0 Å². The molecule has 5 nitrogen and oxygen atoms in total. The van der Waals surface area contributed by atoms with Crippen molar-refractivity contribution in [1.82, 2.24) is 4.31 Å². The highest BCUT2D eigenvalue weighted by atomic mass is 32.2. The van der Waals surface area contributed by atoms with Gasteiger partial charge in [0.2, 0.25) is 15.9 Å². The maximum absolute atomic E-state index is 13.6. The second-order valence-electron chi connectivity index (χ2n) is 7.03. The van der Waals surface area contributed by atoms with Crippen LogP contribution in [0.4, 0.5) is 0 Å². The molecule has 1 aliphatic rings. The highest BCUT2D eigenvalue weighted by Gasteiger charge is 2.40. The van der Waals surface area contributed by atoms with Crippen molar-refractivity contribution in [2.45, 2.75) is 51.6 Å². The first kappa shape index (κ1) is 18.6. The summed E-state index contributed by atoms with van der Waals surface area (Å²) in [5, 5.41) is 0. The van der Waals surface area contributed by atoms with Gasteiger partial charge in [-0.3, -0.25) is 4.79 Å². The molecule has 0 aliphatic carbocycles. The molecule has 0 saturated heterocycles. The van der Waals surface area contributed by atoms with Crippen molar-refractivity contribution < 1.29 is 13.2 Å². The molecule has 6 heteroatoms. The molecule has 1 atom stereocenters. The summed E-state index contributed by atoms with van der Waals surface area (Å²) in [6.07, 6.45) is 0.299. The molecule has 2 N–H and O–H groups in total. The van der Waals surface area contributed by atoms with E-state index in [2.05, 4.69) is 0 Å². The monoisotopic (exact) mass is 372 g/mol. The fraction of sp³-hybridized carbons (Fsp3) is 0.350. The standard InChI is InChI=1S/C20H24N2O3S/c1-12-9-13(2)15(4)19(14(12)3)26(24,25)22-11-17-8-6-5-7-16(17)10-18(22)20(21)23/h5-9,18H,10-11H2,1-4H3,(H2,21,23)/t18-/m1/s1. The molecular weight excluding hydrogens is 348 g/mol. The Balaban J connectivity index is 2.19.